The molecule has 0 saturated carbocycles. The molecule has 0 aliphatic carbocycles. The Balaban J connectivity index is 2.61. The topological polar surface area (TPSA) is 111 Å². The second-order valence-corrected chi connectivity index (χ2v) is 4.43. The molecule has 0 radical (unpaired) electrons. The van der Waals surface area contributed by atoms with Gasteiger partial charge in [0.25, 0.3) is 0 Å². The van der Waals surface area contributed by atoms with Crippen molar-refractivity contribution in [1.29, 1.82) is 0 Å². The minimum absolute atomic E-state index is 0.0467. The molecule has 0 fully saturated rings. The largest absolute Gasteiger partial charge is 0.478 e. The first-order chi connectivity index (χ1) is 9.32. The Hall–Kier alpha value is -2.48. The molecule has 1 N–H and O–H groups in total. The zero-order valence-electron chi connectivity index (χ0n) is 10.5. The van der Waals surface area contributed by atoms with Crippen molar-refractivity contribution in [3.05, 3.63) is 44.4 Å². The van der Waals surface area contributed by atoms with Crippen molar-refractivity contribution >= 4 is 23.3 Å². The van der Waals surface area contributed by atoms with E-state index in [4.69, 9.17) is 16.7 Å². The minimum Gasteiger partial charge on any atom is -0.478 e. The smallest absolute Gasteiger partial charge is 0.337 e. The summed E-state index contributed by atoms with van der Waals surface area (Å²) in [5, 5.41) is 23.8. The predicted molar refractivity (Wildman–Crippen MR) is 69.5 cm³/mol. The number of carboxylic acid groups (broad SMARTS) is 1. The third-order valence-electron chi connectivity index (χ3n) is 2.71. The molecule has 0 atom stereocenters. The quantitative estimate of drug-likeness (QED) is 0.686. The summed E-state index contributed by atoms with van der Waals surface area (Å²) in [6.45, 7) is 3.02. The number of aryl methyl sites for hydroxylation is 1. The Bertz CT molecular complexity index is 725. The van der Waals surface area contributed by atoms with Crippen LogP contribution in [0.3, 0.4) is 0 Å². The summed E-state index contributed by atoms with van der Waals surface area (Å²) >= 11 is 5.96. The summed E-state index contributed by atoms with van der Waals surface area (Å²) in [5.41, 5.74) is 0.303. The van der Waals surface area contributed by atoms with E-state index >= 15 is 0 Å². The Morgan fingerprint density at radius 3 is 2.60 bits per heavy atom. The van der Waals surface area contributed by atoms with Gasteiger partial charge in [0.1, 0.15) is 11.4 Å². The highest BCUT2D eigenvalue weighted by atomic mass is 35.5. The lowest BCUT2D eigenvalue weighted by Gasteiger charge is -2.05. The minimum atomic E-state index is -1.16. The molecule has 0 amide bonds. The van der Waals surface area contributed by atoms with Crippen LogP contribution < -0.4 is 0 Å². The summed E-state index contributed by atoms with van der Waals surface area (Å²) in [6, 6.07) is 1.22. The molecule has 0 aliphatic heterocycles. The number of rotatable bonds is 3. The first kappa shape index (κ1) is 13.9. The van der Waals surface area contributed by atoms with E-state index in [1.165, 1.54) is 24.6 Å². The summed E-state index contributed by atoms with van der Waals surface area (Å²) < 4.78 is 1.22. The Kier molecular flexibility index (Phi) is 3.41. The van der Waals surface area contributed by atoms with Crippen LogP contribution in [0.2, 0.25) is 5.02 Å². The molecule has 2 rings (SSSR count). The highest BCUT2D eigenvalue weighted by Gasteiger charge is 2.24. The van der Waals surface area contributed by atoms with Crippen molar-refractivity contribution in [2.45, 2.75) is 13.8 Å². The Morgan fingerprint density at radius 2 is 2.15 bits per heavy atom. The molecule has 0 spiro atoms. The van der Waals surface area contributed by atoms with Crippen LogP contribution in [-0.4, -0.2) is 30.8 Å². The van der Waals surface area contributed by atoms with Crippen molar-refractivity contribution in [3.8, 4) is 5.82 Å². The van der Waals surface area contributed by atoms with Gasteiger partial charge in [-0.25, -0.2) is 14.5 Å². The van der Waals surface area contributed by atoms with Crippen LogP contribution in [0.15, 0.2) is 12.3 Å². The number of pyridine rings is 1. The van der Waals surface area contributed by atoms with Crippen LogP contribution in [0.5, 0.6) is 0 Å². The molecule has 9 heteroatoms. The Morgan fingerprint density at radius 1 is 1.50 bits per heavy atom. The van der Waals surface area contributed by atoms with Crippen LogP contribution >= 0.6 is 11.6 Å². The zero-order chi connectivity index (χ0) is 15.0. The number of hydrogen-bond donors (Lipinski definition) is 1. The lowest BCUT2D eigenvalue weighted by molar-refractivity contribution is -0.386. The van der Waals surface area contributed by atoms with Gasteiger partial charge in [0, 0.05) is 6.20 Å². The van der Waals surface area contributed by atoms with E-state index in [9.17, 15) is 14.9 Å². The number of aromatic nitrogens is 3. The van der Waals surface area contributed by atoms with Gasteiger partial charge in [0.2, 0.25) is 0 Å². The number of nitro groups is 1. The standard InChI is InChI=1S/C11H9ClN4O4/c1-5-9(16(19)20)6(2)15(14-5)10-8(12)3-7(4-13-10)11(17)18/h3-4H,1-2H3,(H,17,18). The van der Waals surface area contributed by atoms with E-state index in [1.807, 2.05) is 0 Å². The maximum Gasteiger partial charge on any atom is 0.337 e. The lowest BCUT2D eigenvalue weighted by atomic mass is 10.3. The average Bonchev–Trinajstić information content (AvgIpc) is 2.64. The van der Waals surface area contributed by atoms with Crippen LogP contribution in [-0.2, 0) is 0 Å². The highest BCUT2D eigenvalue weighted by Crippen LogP contribution is 2.27. The molecule has 104 valence electrons. The van der Waals surface area contributed by atoms with Gasteiger partial charge in [-0.15, -0.1) is 0 Å². The van der Waals surface area contributed by atoms with Gasteiger partial charge in [-0.3, -0.25) is 10.1 Å². The fourth-order valence-electron chi connectivity index (χ4n) is 1.81. The van der Waals surface area contributed by atoms with Gasteiger partial charge in [0.15, 0.2) is 5.82 Å². The third-order valence-corrected chi connectivity index (χ3v) is 2.98. The Labute approximate surface area is 117 Å². The predicted octanol–water partition coefficient (Wildman–Crippen LogP) is 2.14. The monoisotopic (exact) mass is 296 g/mol. The number of halogens is 1. The molecule has 0 unspecified atom stereocenters. The highest BCUT2D eigenvalue weighted by molar-refractivity contribution is 6.32. The summed E-state index contributed by atoms with van der Waals surface area (Å²) in [6.07, 6.45) is 1.12. The first-order valence-corrected chi connectivity index (χ1v) is 5.80. The van der Waals surface area contributed by atoms with E-state index in [2.05, 4.69) is 10.1 Å². The molecular weight excluding hydrogens is 288 g/mol. The van der Waals surface area contributed by atoms with Crippen molar-refractivity contribution < 1.29 is 14.8 Å². The van der Waals surface area contributed by atoms with Crippen molar-refractivity contribution in [3.63, 3.8) is 0 Å². The van der Waals surface area contributed by atoms with Crippen LogP contribution in [0.4, 0.5) is 5.69 Å². The van der Waals surface area contributed by atoms with Crippen LogP contribution in [0.25, 0.3) is 5.82 Å². The molecule has 2 aromatic rings. The van der Waals surface area contributed by atoms with Crippen LogP contribution in [0.1, 0.15) is 21.7 Å². The second kappa shape index (κ2) is 4.89. The van der Waals surface area contributed by atoms with E-state index in [-0.39, 0.29) is 33.5 Å². The maximum absolute atomic E-state index is 10.9. The number of aromatic carboxylic acids is 1. The van der Waals surface area contributed by atoms with Crippen molar-refractivity contribution in [2.24, 2.45) is 0 Å². The van der Waals surface area contributed by atoms with Gasteiger partial charge < -0.3 is 5.11 Å². The molecule has 8 nitrogen and oxygen atoms in total. The molecule has 0 aromatic carbocycles. The molecule has 0 aliphatic rings. The van der Waals surface area contributed by atoms with Gasteiger partial charge in [0.05, 0.1) is 15.5 Å². The maximum atomic E-state index is 10.9. The zero-order valence-corrected chi connectivity index (χ0v) is 11.2. The van der Waals surface area contributed by atoms with Gasteiger partial charge >= 0.3 is 11.7 Å². The first-order valence-electron chi connectivity index (χ1n) is 5.42. The molecule has 20 heavy (non-hydrogen) atoms. The third kappa shape index (κ3) is 2.21. The molecule has 0 saturated heterocycles. The normalized spacial score (nSPS) is 10.6. The van der Waals surface area contributed by atoms with Gasteiger partial charge in [-0.1, -0.05) is 11.6 Å². The van der Waals surface area contributed by atoms with E-state index in [1.54, 1.807) is 0 Å². The van der Waals surface area contributed by atoms with Gasteiger partial charge in [-0.2, -0.15) is 5.10 Å². The summed E-state index contributed by atoms with van der Waals surface area (Å²) in [4.78, 5) is 25.1. The molecular formula is C11H9ClN4O4. The van der Waals surface area contributed by atoms with Crippen molar-refractivity contribution in [1.82, 2.24) is 14.8 Å². The average molecular weight is 297 g/mol. The number of hydrogen-bond acceptors (Lipinski definition) is 5. The number of carboxylic acids is 1. The van der Waals surface area contributed by atoms with E-state index < -0.39 is 10.9 Å². The molecule has 2 aromatic heterocycles. The van der Waals surface area contributed by atoms with Crippen LogP contribution in [0, 0.1) is 24.0 Å². The van der Waals surface area contributed by atoms with Crippen molar-refractivity contribution in [2.75, 3.05) is 0 Å². The SMILES string of the molecule is Cc1nn(-c2ncc(C(=O)O)cc2Cl)c(C)c1[N+](=O)[O-]. The fourth-order valence-corrected chi connectivity index (χ4v) is 2.05. The summed E-state index contributed by atoms with van der Waals surface area (Å²) in [7, 11) is 0. The number of nitrogens with zero attached hydrogens (tertiary/aromatic N) is 4. The van der Waals surface area contributed by atoms with E-state index in [0.29, 0.717) is 0 Å². The molecule has 0 bridgehead atoms. The summed E-state index contributed by atoms with van der Waals surface area (Å²) in [5.74, 6) is -1.02. The van der Waals surface area contributed by atoms with Gasteiger partial charge in [-0.05, 0) is 19.9 Å². The fraction of sp³-hybridized carbons (Fsp3) is 0.182. The van der Waals surface area contributed by atoms with E-state index in [0.717, 1.165) is 6.20 Å². The number of carbonyl (C=O) groups is 1. The lowest BCUT2D eigenvalue weighted by Crippen LogP contribution is -2.06. The second-order valence-electron chi connectivity index (χ2n) is 4.02. The molecule has 2 heterocycles.